The van der Waals surface area contributed by atoms with Crippen molar-refractivity contribution in [1.82, 2.24) is 19.4 Å². The second-order valence-electron chi connectivity index (χ2n) is 10.8. The highest BCUT2D eigenvalue weighted by Crippen LogP contribution is 2.34. The fourth-order valence-corrected chi connectivity index (χ4v) is 5.71. The number of hydrogen-bond donors (Lipinski definition) is 1. The number of carboxylic acids is 1. The van der Waals surface area contributed by atoms with E-state index in [0.717, 1.165) is 79.7 Å². The SMILES string of the molecule is CC(c1nc2ccc(C(=O)O)cc2n1C[C@@H]1CCO1)N1CCC(c2cccc(OCc3cc(F)ccc3F)n2)CC1. The van der Waals surface area contributed by atoms with Crippen LogP contribution in [0.3, 0.4) is 0 Å². The van der Waals surface area contributed by atoms with Gasteiger partial charge in [-0.15, -0.1) is 0 Å². The molecule has 1 N–H and O–H groups in total. The van der Waals surface area contributed by atoms with E-state index in [1.54, 1.807) is 24.3 Å². The Labute approximate surface area is 236 Å². The highest BCUT2D eigenvalue weighted by Gasteiger charge is 2.30. The van der Waals surface area contributed by atoms with Crippen LogP contribution in [0.25, 0.3) is 11.0 Å². The molecule has 41 heavy (non-hydrogen) atoms. The number of benzene rings is 2. The monoisotopic (exact) mass is 562 g/mol. The molecule has 2 atom stereocenters. The third-order valence-corrected chi connectivity index (χ3v) is 8.20. The number of fused-ring (bicyclic) bond motifs is 1. The number of nitrogens with zero attached hydrogens (tertiary/aromatic N) is 4. The molecule has 2 aromatic heterocycles. The molecule has 2 aliphatic heterocycles. The molecule has 2 aromatic carbocycles. The van der Waals surface area contributed by atoms with Crippen molar-refractivity contribution < 1.29 is 28.2 Å². The smallest absolute Gasteiger partial charge is 0.335 e. The molecule has 1 unspecified atom stereocenters. The van der Waals surface area contributed by atoms with E-state index < -0.39 is 17.6 Å². The Balaban J connectivity index is 1.14. The maximum absolute atomic E-state index is 14.0. The van der Waals surface area contributed by atoms with Gasteiger partial charge in [0.15, 0.2) is 0 Å². The van der Waals surface area contributed by atoms with Crippen LogP contribution < -0.4 is 4.74 Å². The van der Waals surface area contributed by atoms with Crippen LogP contribution in [-0.2, 0) is 17.9 Å². The number of carbonyl (C=O) groups is 1. The maximum Gasteiger partial charge on any atom is 0.335 e. The Morgan fingerprint density at radius 2 is 1.90 bits per heavy atom. The van der Waals surface area contributed by atoms with Crippen molar-refractivity contribution in [3.05, 3.63) is 88.9 Å². The van der Waals surface area contributed by atoms with Crippen LogP contribution in [0.1, 0.15) is 65.6 Å². The maximum atomic E-state index is 14.0. The molecule has 0 aliphatic carbocycles. The van der Waals surface area contributed by atoms with Crippen LogP contribution >= 0.6 is 0 Å². The summed E-state index contributed by atoms with van der Waals surface area (Å²) in [7, 11) is 0. The fourth-order valence-electron chi connectivity index (χ4n) is 5.71. The Morgan fingerprint density at radius 1 is 1.10 bits per heavy atom. The van der Waals surface area contributed by atoms with E-state index >= 15 is 0 Å². The Bertz CT molecular complexity index is 1560. The lowest BCUT2D eigenvalue weighted by molar-refractivity contribution is -0.0594. The summed E-state index contributed by atoms with van der Waals surface area (Å²) in [6, 6.07) is 14.0. The van der Waals surface area contributed by atoms with E-state index in [1.165, 1.54) is 0 Å². The number of hydrogen-bond acceptors (Lipinski definition) is 6. The average molecular weight is 563 g/mol. The van der Waals surface area contributed by atoms with Gasteiger partial charge in [0.05, 0.1) is 35.3 Å². The van der Waals surface area contributed by atoms with E-state index in [2.05, 4.69) is 21.4 Å². The van der Waals surface area contributed by atoms with Gasteiger partial charge >= 0.3 is 5.97 Å². The van der Waals surface area contributed by atoms with E-state index in [-0.39, 0.29) is 35.8 Å². The second-order valence-corrected chi connectivity index (χ2v) is 10.8. The fraction of sp³-hybridized carbons (Fsp3) is 0.387. The molecule has 2 fully saturated rings. The van der Waals surface area contributed by atoms with Gasteiger partial charge in [0, 0.05) is 29.8 Å². The van der Waals surface area contributed by atoms with Crippen molar-refractivity contribution in [3.63, 3.8) is 0 Å². The molecule has 0 amide bonds. The largest absolute Gasteiger partial charge is 0.478 e. The molecule has 2 saturated heterocycles. The summed E-state index contributed by atoms with van der Waals surface area (Å²) in [6.07, 6.45) is 2.88. The zero-order chi connectivity index (χ0) is 28.5. The predicted molar refractivity (Wildman–Crippen MR) is 148 cm³/mol. The van der Waals surface area contributed by atoms with Crippen molar-refractivity contribution >= 4 is 17.0 Å². The van der Waals surface area contributed by atoms with Gasteiger partial charge in [-0.1, -0.05) is 6.07 Å². The minimum absolute atomic E-state index is 0.0282. The van der Waals surface area contributed by atoms with Gasteiger partial charge in [0.2, 0.25) is 5.88 Å². The minimum atomic E-state index is -0.958. The summed E-state index contributed by atoms with van der Waals surface area (Å²) in [5.74, 6) is -0.442. The topological polar surface area (TPSA) is 89.7 Å². The average Bonchev–Trinajstić information content (AvgIpc) is 3.32. The molecule has 0 radical (unpaired) electrons. The van der Waals surface area contributed by atoms with Gasteiger partial charge in [0.1, 0.15) is 24.1 Å². The first kappa shape index (κ1) is 27.3. The first-order chi connectivity index (χ1) is 19.9. The van der Waals surface area contributed by atoms with E-state index in [4.69, 9.17) is 14.5 Å². The summed E-state index contributed by atoms with van der Waals surface area (Å²) in [5.41, 5.74) is 2.91. The van der Waals surface area contributed by atoms with Crippen LogP contribution in [0, 0.1) is 11.6 Å². The number of rotatable bonds is 9. The van der Waals surface area contributed by atoms with E-state index in [0.29, 0.717) is 12.4 Å². The first-order valence-electron chi connectivity index (χ1n) is 14.0. The number of piperidine rings is 1. The summed E-state index contributed by atoms with van der Waals surface area (Å²) >= 11 is 0. The summed E-state index contributed by atoms with van der Waals surface area (Å²) in [4.78, 5) is 23.6. The molecule has 2 aliphatic rings. The normalized spacial score (nSPS) is 18.8. The molecule has 0 spiro atoms. The van der Waals surface area contributed by atoms with Crippen LogP contribution in [0.4, 0.5) is 8.78 Å². The zero-order valence-corrected chi connectivity index (χ0v) is 22.8. The second kappa shape index (κ2) is 11.5. The van der Waals surface area contributed by atoms with Crippen molar-refractivity contribution in [1.29, 1.82) is 0 Å². The Morgan fingerprint density at radius 3 is 2.63 bits per heavy atom. The number of imidazole rings is 1. The molecule has 6 rings (SSSR count). The lowest BCUT2D eigenvalue weighted by Crippen LogP contribution is -2.37. The molecule has 4 aromatic rings. The van der Waals surface area contributed by atoms with Gasteiger partial charge in [-0.25, -0.2) is 23.5 Å². The van der Waals surface area contributed by atoms with Gasteiger partial charge < -0.3 is 19.1 Å². The number of carboxylic acid groups (broad SMARTS) is 1. The van der Waals surface area contributed by atoms with Gasteiger partial charge in [-0.05, 0) is 81.7 Å². The van der Waals surface area contributed by atoms with Crippen LogP contribution in [-0.4, -0.2) is 56.3 Å². The quantitative estimate of drug-likeness (QED) is 0.279. The van der Waals surface area contributed by atoms with E-state index in [9.17, 15) is 18.7 Å². The highest BCUT2D eigenvalue weighted by molar-refractivity contribution is 5.92. The first-order valence-corrected chi connectivity index (χ1v) is 14.0. The molecule has 4 heterocycles. The third kappa shape index (κ3) is 5.80. The molecule has 0 bridgehead atoms. The molecule has 8 nitrogen and oxygen atoms in total. The lowest BCUT2D eigenvalue weighted by atomic mass is 9.92. The number of aromatic carboxylic acids is 1. The summed E-state index contributed by atoms with van der Waals surface area (Å²) < 4.78 is 41.0. The van der Waals surface area contributed by atoms with Crippen LogP contribution in [0.2, 0.25) is 0 Å². The van der Waals surface area contributed by atoms with E-state index in [1.807, 2.05) is 12.1 Å². The number of aromatic nitrogens is 3. The van der Waals surface area contributed by atoms with Crippen LogP contribution in [0.5, 0.6) is 5.88 Å². The number of ether oxygens (including phenoxy) is 2. The third-order valence-electron chi connectivity index (χ3n) is 8.20. The molecular weight excluding hydrogens is 530 g/mol. The number of halogens is 2. The zero-order valence-electron chi connectivity index (χ0n) is 22.8. The van der Waals surface area contributed by atoms with Gasteiger partial charge in [0.25, 0.3) is 0 Å². The summed E-state index contributed by atoms with van der Waals surface area (Å²) in [6.45, 7) is 5.13. The molecular formula is C31H32F2N4O4. The predicted octanol–water partition coefficient (Wildman–Crippen LogP) is 5.72. The van der Waals surface area contributed by atoms with Crippen molar-refractivity contribution in [2.45, 2.75) is 57.4 Å². The number of pyridine rings is 1. The Hall–Kier alpha value is -3.89. The summed E-state index contributed by atoms with van der Waals surface area (Å²) in [5, 5.41) is 9.53. The van der Waals surface area contributed by atoms with Gasteiger partial charge in [-0.2, -0.15) is 0 Å². The highest BCUT2D eigenvalue weighted by atomic mass is 19.1. The minimum Gasteiger partial charge on any atom is -0.478 e. The number of likely N-dealkylation sites (tertiary alicyclic amines) is 1. The lowest BCUT2D eigenvalue weighted by Gasteiger charge is -2.36. The molecule has 10 heteroatoms. The van der Waals surface area contributed by atoms with Gasteiger partial charge in [-0.3, -0.25) is 4.90 Å². The van der Waals surface area contributed by atoms with Crippen molar-refractivity contribution in [2.24, 2.45) is 0 Å². The molecule has 0 saturated carbocycles. The van der Waals surface area contributed by atoms with Crippen molar-refractivity contribution in [3.8, 4) is 5.88 Å². The Kier molecular flexibility index (Phi) is 7.68. The van der Waals surface area contributed by atoms with Crippen molar-refractivity contribution in [2.75, 3.05) is 19.7 Å². The standard InChI is InChI=1S/C31H32F2N4O4/c1-19(30-35-27-8-5-21(31(38)39)16-28(27)37(30)17-24-11-14-40-24)36-12-9-20(10-13-36)26-3-2-4-29(34-26)41-18-22-15-23(32)6-7-25(22)33/h2-8,15-16,19-20,24H,9-14,17-18H2,1H3,(H,38,39)/t19?,24-/m0/s1. The van der Waals surface area contributed by atoms with Crippen LogP contribution in [0.15, 0.2) is 54.6 Å². The molecule has 214 valence electrons.